The maximum Gasteiger partial charge on any atom is 0.321 e. The lowest BCUT2D eigenvalue weighted by atomic mass is 10.4. The second-order valence-electron chi connectivity index (χ2n) is 3.09. The van der Waals surface area contributed by atoms with Crippen LogP contribution in [0.5, 0.6) is 6.01 Å². The molecule has 0 aliphatic carbocycles. The van der Waals surface area contributed by atoms with Gasteiger partial charge >= 0.3 is 6.01 Å². The monoisotopic (exact) mass is 306 g/mol. The van der Waals surface area contributed by atoms with Gasteiger partial charge in [0, 0.05) is 35.7 Å². The Hall–Kier alpha value is -0.660. The summed E-state index contributed by atoms with van der Waals surface area (Å²) in [4.78, 5) is 14.7. The van der Waals surface area contributed by atoms with Crippen LogP contribution in [-0.2, 0) is 0 Å². The summed E-state index contributed by atoms with van der Waals surface area (Å²) in [7, 11) is 1.57. The van der Waals surface area contributed by atoms with E-state index in [-0.39, 0.29) is 0 Å². The van der Waals surface area contributed by atoms with Crippen LogP contribution in [0, 0.1) is 3.83 Å². The fourth-order valence-corrected chi connectivity index (χ4v) is 1.89. The zero-order valence-electron chi connectivity index (χ0n) is 7.90. The van der Waals surface area contributed by atoms with E-state index in [1.807, 2.05) is 0 Å². The van der Waals surface area contributed by atoms with Crippen molar-refractivity contribution in [3.8, 4) is 6.01 Å². The molecule has 1 aliphatic heterocycles. The Morgan fingerprint density at radius 3 is 2.57 bits per heavy atom. The zero-order chi connectivity index (χ0) is 9.97. The van der Waals surface area contributed by atoms with E-state index in [1.54, 1.807) is 7.11 Å². The summed E-state index contributed by atoms with van der Waals surface area (Å²) < 4.78 is 5.68. The largest absolute Gasteiger partial charge is 0.467 e. The normalized spacial score (nSPS) is 16.0. The first-order chi connectivity index (χ1) is 6.79. The summed E-state index contributed by atoms with van der Waals surface area (Å²) in [5, 5.41) is 0. The first-order valence-corrected chi connectivity index (χ1v) is 5.58. The third kappa shape index (κ3) is 2.05. The van der Waals surface area contributed by atoms with E-state index < -0.39 is 0 Å². The van der Waals surface area contributed by atoms with Gasteiger partial charge in [0.05, 0.1) is 7.11 Å². The van der Waals surface area contributed by atoms with Gasteiger partial charge in [-0.15, -0.1) is 0 Å². The van der Waals surface area contributed by atoms with E-state index in [4.69, 9.17) is 4.74 Å². The Bertz CT molecular complexity index is 327. The molecule has 0 aromatic carbocycles. The summed E-state index contributed by atoms with van der Waals surface area (Å²) in [6.07, 6.45) is 2.43. The highest BCUT2D eigenvalue weighted by atomic mass is 127. The van der Waals surface area contributed by atoms with Crippen LogP contribution >= 0.6 is 22.6 Å². The molecule has 0 spiro atoms. The number of anilines is 1. The zero-order valence-corrected chi connectivity index (χ0v) is 10.1. The average Bonchev–Trinajstić information content (AvgIpc) is 2.69. The van der Waals surface area contributed by atoms with Gasteiger partial charge in [-0.2, -0.15) is 15.0 Å². The second-order valence-corrected chi connectivity index (χ2v) is 4.05. The van der Waals surface area contributed by atoms with Gasteiger partial charge in [-0.3, -0.25) is 0 Å². The first kappa shape index (κ1) is 9.88. The lowest BCUT2D eigenvalue weighted by Gasteiger charge is -2.14. The van der Waals surface area contributed by atoms with Crippen molar-refractivity contribution < 1.29 is 4.74 Å². The number of ether oxygens (including phenoxy) is 1. The predicted octanol–water partition coefficient (Wildman–Crippen LogP) is 1.08. The molecule has 0 unspecified atom stereocenters. The molecule has 0 bridgehead atoms. The minimum Gasteiger partial charge on any atom is -0.467 e. The number of rotatable bonds is 2. The maximum atomic E-state index is 5.00. The van der Waals surface area contributed by atoms with Crippen LogP contribution in [-0.4, -0.2) is 35.2 Å². The van der Waals surface area contributed by atoms with Crippen molar-refractivity contribution in [2.45, 2.75) is 12.8 Å². The van der Waals surface area contributed by atoms with E-state index in [9.17, 15) is 0 Å². The Morgan fingerprint density at radius 1 is 1.21 bits per heavy atom. The number of halogens is 1. The van der Waals surface area contributed by atoms with E-state index in [0.717, 1.165) is 19.0 Å². The molecule has 1 fully saturated rings. The van der Waals surface area contributed by atoms with Gasteiger partial charge in [0.1, 0.15) is 0 Å². The maximum absolute atomic E-state index is 5.00. The molecular formula is C8H11IN4O. The minimum absolute atomic E-state index is 0.395. The van der Waals surface area contributed by atoms with Crippen molar-refractivity contribution in [3.63, 3.8) is 0 Å². The molecule has 6 heteroatoms. The minimum atomic E-state index is 0.395. The molecule has 0 N–H and O–H groups in total. The van der Waals surface area contributed by atoms with Gasteiger partial charge in [0.2, 0.25) is 5.95 Å². The van der Waals surface area contributed by atoms with Crippen LogP contribution in [0.3, 0.4) is 0 Å². The molecule has 14 heavy (non-hydrogen) atoms. The van der Waals surface area contributed by atoms with Crippen molar-refractivity contribution in [3.05, 3.63) is 3.83 Å². The third-order valence-corrected chi connectivity index (χ3v) is 2.63. The number of hydrogen-bond donors (Lipinski definition) is 0. The van der Waals surface area contributed by atoms with Gasteiger partial charge in [0.15, 0.2) is 3.83 Å². The van der Waals surface area contributed by atoms with Crippen molar-refractivity contribution in [1.29, 1.82) is 0 Å². The summed E-state index contributed by atoms with van der Waals surface area (Å²) in [5.41, 5.74) is 0. The van der Waals surface area contributed by atoms with E-state index in [1.165, 1.54) is 12.8 Å². The van der Waals surface area contributed by atoms with Gasteiger partial charge in [-0.25, -0.2) is 0 Å². The highest BCUT2D eigenvalue weighted by Crippen LogP contribution is 2.17. The summed E-state index contributed by atoms with van der Waals surface area (Å²) in [6.45, 7) is 2.06. The number of methoxy groups -OCH3 is 1. The van der Waals surface area contributed by atoms with Crippen LogP contribution in [0.4, 0.5) is 5.95 Å². The van der Waals surface area contributed by atoms with Gasteiger partial charge in [-0.1, -0.05) is 0 Å². The topological polar surface area (TPSA) is 51.1 Å². The lowest BCUT2D eigenvalue weighted by molar-refractivity contribution is 0.376. The molecular weight excluding hydrogens is 295 g/mol. The van der Waals surface area contributed by atoms with E-state index in [2.05, 4.69) is 42.4 Å². The van der Waals surface area contributed by atoms with Gasteiger partial charge in [0.25, 0.3) is 0 Å². The SMILES string of the molecule is COc1nc(I)nc(N2CCCC2)n1. The number of hydrogen-bond acceptors (Lipinski definition) is 5. The van der Waals surface area contributed by atoms with Crippen LogP contribution in [0.15, 0.2) is 0 Å². The summed E-state index contributed by atoms with van der Waals surface area (Å²) in [5.74, 6) is 0.735. The van der Waals surface area contributed by atoms with Crippen molar-refractivity contribution in [1.82, 2.24) is 15.0 Å². The summed E-state index contributed by atoms with van der Waals surface area (Å²) in [6, 6.07) is 0.395. The predicted molar refractivity (Wildman–Crippen MR) is 60.5 cm³/mol. The second kappa shape index (κ2) is 4.24. The lowest BCUT2D eigenvalue weighted by Crippen LogP contribution is -2.21. The van der Waals surface area contributed by atoms with Crippen molar-refractivity contribution >= 4 is 28.5 Å². The third-order valence-electron chi connectivity index (χ3n) is 2.15. The standard InChI is InChI=1S/C8H11IN4O/c1-14-8-11-6(9)10-7(12-8)13-4-2-3-5-13/h2-5H2,1H3. The Kier molecular flexibility index (Phi) is 2.99. The van der Waals surface area contributed by atoms with Crippen LogP contribution in [0.1, 0.15) is 12.8 Å². The molecule has 76 valence electrons. The quantitative estimate of drug-likeness (QED) is 0.766. The van der Waals surface area contributed by atoms with Crippen molar-refractivity contribution in [2.24, 2.45) is 0 Å². The molecule has 1 aromatic rings. The van der Waals surface area contributed by atoms with Crippen LogP contribution in [0.2, 0.25) is 0 Å². The number of aromatic nitrogens is 3. The molecule has 0 radical (unpaired) electrons. The summed E-state index contributed by atoms with van der Waals surface area (Å²) >= 11 is 2.07. The molecule has 0 amide bonds. The van der Waals surface area contributed by atoms with Gasteiger partial charge < -0.3 is 9.64 Å². The fourth-order valence-electron chi connectivity index (χ4n) is 1.47. The molecule has 2 rings (SSSR count). The fraction of sp³-hybridized carbons (Fsp3) is 0.625. The molecule has 0 atom stereocenters. The molecule has 0 saturated carbocycles. The molecule has 2 heterocycles. The van der Waals surface area contributed by atoms with E-state index in [0.29, 0.717) is 9.84 Å². The van der Waals surface area contributed by atoms with Crippen molar-refractivity contribution in [2.75, 3.05) is 25.1 Å². The van der Waals surface area contributed by atoms with Gasteiger partial charge in [-0.05, 0) is 12.8 Å². The average molecular weight is 306 g/mol. The molecule has 1 aromatic heterocycles. The Balaban J connectivity index is 2.27. The molecule has 1 saturated heterocycles. The van der Waals surface area contributed by atoms with E-state index >= 15 is 0 Å². The van der Waals surface area contributed by atoms with Crippen LogP contribution in [0.25, 0.3) is 0 Å². The van der Waals surface area contributed by atoms with Crippen LogP contribution < -0.4 is 9.64 Å². The Morgan fingerprint density at radius 2 is 1.93 bits per heavy atom. The highest BCUT2D eigenvalue weighted by Gasteiger charge is 2.16. The number of nitrogens with zero attached hydrogens (tertiary/aromatic N) is 4. The first-order valence-electron chi connectivity index (χ1n) is 4.50. The Labute approximate surface area is 96.0 Å². The molecule has 1 aliphatic rings. The highest BCUT2D eigenvalue weighted by molar-refractivity contribution is 14.1. The smallest absolute Gasteiger partial charge is 0.321 e. The molecule has 5 nitrogen and oxygen atoms in total.